The van der Waals surface area contributed by atoms with Crippen molar-refractivity contribution in [1.82, 2.24) is 4.72 Å². The van der Waals surface area contributed by atoms with E-state index in [0.717, 1.165) is 11.0 Å². The van der Waals surface area contributed by atoms with Gasteiger partial charge in [-0.3, -0.25) is 4.72 Å². The van der Waals surface area contributed by atoms with Gasteiger partial charge in [-0.15, -0.1) is 0 Å². The summed E-state index contributed by atoms with van der Waals surface area (Å²) in [5.74, 6) is 0.697. The minimum atomic E-state index is 0.697. The number of hydrogen-bond acceptors (Lipinski definition) is 2. The molecule has 0 aliphatic rings. The molecule has 0 radical (unpaired) electrons. The Morgan fingerprint density at radius 1 is 1.31 bits per heavy atom. The topological polar surface area (TPSA) is 12.0 Å². The lowest BCUT2D eigenvalue weighted by Crippen LogP contribution is -2.11. The summed E-state index contributed by atoms with van der Waals surface area (Å²) in [7, 11) is 0. The van der Waals surface area contributed by atoms with E-state index in [0.29, 0.717) is 5.92 Å². The van der Waals surface area contributed by atoms with Crippen molar-refractivity contribution < 1.29 is 0 Å². The Morgan fingerprint density at radius 3 is 2.46 bits per heavy atom. The molecule has 1 rings (SSSR count). The molecule has 0 heterocycles. The van der Waals surface area contributed by atoms with Gasteiger partial charge in [0.2, 0.25) is 0 Å². The number of rotatable bonds is 4. The summed E-state index contributed by atoms with van der Waals surface area (Å²) in [5, 5.41) is 0. The zero-order valence-corrected chi connectivity index (χ0v) is 10.3. The van der Waals surface area contributed by atoms with Crippen molar-refractivity contribution in [3.63, 3.8) is 0 Å². The van der Waals surface area contributed by atoms with Gasteiger partial charge >= 0.3 is 0 Å². The molecular formula is C10H14BrNS. The molecule has 1 aromatic rings. The second-order valence-corrected chi connectivity index (χ2v) is 5.18. The van der Waals surface area contributed by atoms with E-state index in [2.05, 4.69) is 58.8 Å². The monoisotopic (exact) mass is 259 g/mol. The SMILES string of the molecule is CC(C)CNSc1ccc(Br)cc1. The largest absolute Gasteiger partial charge is 0.260 e. The van der Waals surface area contributed by atoms with Crippen molar-refractivity contribution >= 4 is 27.9 Å². The normalized spacial score (nSPS) is 10.8. The second-order valence-electron chi connectivity index (χ2n) is 3.30. The fourth-order valence-corrected chi connectivity index (χ4v) is 1.91. The predicted octanol–water partition coefficient (Wildman–Crippen LogP) is 3.70. The van der Waals surface area contributed by atoms with Crippen LogP contribution in [-0.4, -0.2) is 6.54 Å². The molecule has 0 aliphatic heterocycles. The Bertz CT molecular complexity index is 246. The molecule has 1 nitrogen and oxygen atoms in total. The van der Waals surface area contributed by atoms with Gasteiger partial charge in [0.25, 0.3) is 0 Å². The van der Waals surface area contributed by atoms with E-state index in [-0.39, 0.29) is 0 Å². The zero-order chi connectivity index (χ0) is 9.68. The molecule has 13 heavy (non-hydrogen) atoms. The van der Waals surface area contributed by atoms with Crippen molar-refractivity contribution in [2.45, 2.75) is 18.7 Å². The van der Waals surface area contributed by atoms with Crippen molar-refractivity contribution in [2.24, 2.45) is 5.92 Å². The molecule has 0 aliphatic carbocycles. The van der Waals surface area contributed by atoms with Crippen LogP contribution in [0, 0.1) is 5.92 Å². The van der Waals surface area contributed by atoms with E-state index in [4.69, 9.17) is 0 Å². The van der Waals surface area contributed by atoms with Gasteiger partial charge in [0, 0.05) is 15.9 Å². The Hall–Kier alpha value is 0.01000. The molecular weight excluding hydrogens is 246 g/mol. The average Bonchev–Trinajstić information content (AvgIpc) is 2.08. The highest BCUT2D eigenvalue weighted by Crippen LogP contribution is 2.17. The van der Waals surface area contributed by atoms with Crippen LogP contribution in [0.25, 0.3) is 0 Å². The van der Waals surface area contributed by atoms with Gasteiger partial charge in [-0.1, -0.05) is 29.8 Å². The van der Waals surface area contributed by atoms with Gasteiger partial charge in [-0.2, -0.15) is 0 Å². The van der Waals surface area contributed by atoms with E-state index >= 15 is 0 Å². The van der Waals surface area contributed by atoms with Gasteiger partial charge in [-0.05, 0) is 42.1 Å². The maximum atomic E-state index is 3.41. The lowest BCUT2D eigenvalue weighted by molar-refractivity contribution is 0.640. The van der Waals surface area contributed by atoms with E-state index in [1.807, 2.05) is 0 Å². The van der Waals surface area contributed by atoms with E-state index in [9.17, 15) is 0 Å². The third-order valence-electron chi connectivity index (χ3n) is 1.50. The Morgan fingerprint density at radius 2 is 1.92 bits per heavy atom. The van der Waals surface area contributed by atoms with Crippen LogP contribution in [0.4, 0.5) is 0 Å². The molecule has 0 fully saturated rings. The Kier molecular flexibility index (Phi) is 4.84. The van der Waals surface area contributed by atoms with Crippen LogP contribution < -0.4 is 4.72 Å². The van der Waals surface area contributed by atoms with Crippen LogP contribution in [0.3, 0.4) is 0 Å². The first-order valence-electron chi connectivity index (χ1n) is 4.34. The summed E-state index contributed by atoms with van der Waals surface area (Å²) in [4.78, 5) is 1.25. The average molecular weight is 260 g/mol. The molecule has 0 unspecified atom stereocenters. The maximum Gasteiger partial charge on any atom is 0.0228 e. The second kappa shape index (κ2) is 5.68. The lowest BCUT2D eigenvalue weighted by atomic mass is 10.2. The predicted molar refractivity (Wildman–Crippen MR) is 62.8 cm³/mol. The summed E-state index contributed by atoms with van der Waals surface area (Å²) in [6.45, 7) is 5.45. The Balaban J connectivity index is 2.33. The van der Waals surface area contributed by atoms with Crippen molar-refractivity contribution in [3.8, 4) is 0 Å². The highest BCUT2D eigenvalue weighted by Gasteiger charge is 1.95. The van der Waals surface area contributed by atoms with Crippen LogP contribution in [0.15, 0.2) is 33.6 Å². The molecule has 3 heteroatoms. The minimum absolute atomic E-state index is 0.697. The fourth-order valence-electron chi connectivity index (χ4n) is 0.794. The summed E-state index contributed by atoms with van der Waals surface area (Å²) in [6, 6.07) is 8.31. The standard InChI is InChI=1S/C10H14BrNS/c1-8(2)7-12-13-10-5-3-9(11)4-6-10/h3-6,8,12H,7H2,1-2H3. The molecule has 0 saturated heterocycles. The molecule has 0 bridgehead atoms. The summed E-state index contributed by atoms with van der Waals surface area (Å²) >= 11 is 5.09. The quantitative estimate of drug-likeness (QED) is 0.828. The first-order chi connectivity index (χ1) is 6.18. The van der Waals surface area contributed by atoms with Crippen LogP contribution in [0.5, 0.6) is 0 Å². The minimum Gasteiger partial charge on any atom is -0.260 e. The summed E-state index contributed by atoms with van der Waals surface area (Å²) in [5.41, 5.74) is 0. The van der Waals surface area contributed by atoms with Gasteiger partial charge in [-0.25, -0.2) is 0 Å². The van der Waals surface area contributed by atoms with Gasteiger partial charge in [0.15, 0.2) is 0 Å². The fraction of sp³-hybridized carbons (Fsp3) is 0.400. The van der Waals surface area contributed by atoms with E-state index in [1.165, 1.54) is 4.90 Å². The number of benzene rings is 1. The summed E-state index contributed by atoms with van der Waals surface area (Å²) in [6.07, 6.45) is 0. The number of nitrogens with one attached hydrogen (secondary N) is 1. The van der Waals surface area contributed by atoms with Gasteiger partial charge < -0.3 is 0 Å². The first kappa shape index (κ1) is 11.1. The van der Waals surface area contributed by atoms with E-state index < -0.39 is 0 Å². The van der Waals surface area contributed by atoms with Crippen LogP contribution in [0.1, 0.15) is 13.8 Å². The van der Waals surface area contributed by atoms with Gasteiger partial charge in [0.1, 0.15) is 0 Å². The highest BCUT2D eigenvalue weighted by atomic mass is 79.9. The smallest absolute Gasteiger partial charge is 0.0228 e. The highest BCUT2D eigenvalue weighted by molar-refractivity contribution is 9.10. The van der Waals surface area contributed by atoms with Crippen LogP contribution in [-0.2, 0) is 0 Å². The lowest BCUT2D eigenvalue weighted by Gasteiger charge is -2.06. The number of hydrogen-bond donors (Lipinski definition) is 1. The molecule has 0 spiro atoms. The maximum absolute atomic E-state index is 3.41. The summed E-state index contributed by atoms with van der Waals surface area (Å²) < 4.78 is 4.45. The van der Waals surface area contributed by atoms with Crippen molar-refractivity contribution in [2.75, 3.05) is 6.54 Å². The molecule has 1 N–H and O–H groups in total. The molecule has 0 saturated carbocycles. The third-order valence-corrected chi connectivity index (χ3v) is 2.84. The van der Waals surface area contributed by atoms with Crippen LogP contribution in [0.2, 0.25) is 0 Å². The Labute approximate surface area is 92.6 Å². The van der Waals surface area contributed by atoms with Crippen molar-refractivity contribution in [1.29, 1.82) is 0 Å². The van der Waals surface area contributed by atoms with Gasteiger partial charge in [0.05, 0.1) is 0 Å². The first-order valence-corrected chi connectivity index (χ1v) is 5.94. The molecule has 1 aromatic carbocycles. The molecule has 0 amide bonds. The molecule has 0 aromatic heterocycles. The van der Waals surface area contributed by atoms with Crippen molar-refractivity contribution in [3.05, 3.63) is 28.7 Å². The van der Waals surface area contributed by atoms with Crippen LogP contribution >= 0.6 is 27.9 Å². The number of halogens is 1. The van der Waals surface area contributed by atoms with E-state index in [1.54, 1.807) is 11.9 Å². The zero-order valence-electron chi connectivity index (χ0n) is 7.88. The molecule has 0 atom stereocenters. The molecule has 72 valence electrons. The third kappa shape index (κ3) is 4.69.